The fourth-order valence-corrected chi connectivity index (χ4v) is 2.63. The summed E-state index contributed by atoms with van der Waals surface area (Å²) in [5, 5.41) is 3.94. The molecule has 2 aromatic heterocycles. The summed E-state index contributed by atoms with van der Waals surface area (Å²) in [7, 11) is 0. The van der Waals surface area contributed by atoms with Crippen LogP contribution >= 0.6 is 11.6 Å². The molecular formula is C14H17ClN4O. The number of halogens is 1. The molecule has 0 saturated carbocycles. The number of nitrogens with zero attached hydrogens (tertiary/aromatic N) is 3. The average Bonchev–Trinajstić information content (AvgIpc) is 2.92. The van der Waals surface area contributed by atoms with Crippen LogP contribution in [0.15, 0.2) is 35.0 Å². The third-order valence-electron chi connectivity index (χ3n) is 3.45. The fraction of sp³-hybridized carbons (Fsp3) is 0.429. The van der Waals surface area contributed by atoms with Gasteiger partial charge in [0.2, 0.25) is 5.95 Å². The Labute approximate surface area is 123 Å². The Bertz CT molecular complexity index is 545. The van der Waals surface area contributed by atoms with Gasteiger partial charge in [-0.05, 0) is 42.6 Å². The van der Waals surface area contributed by atoms with Gasteiger partial charge in [-0.1, -0.05) is 0 Å². The van der Waals surface area contributed by atoms with E-state index in [4.69, 9.17) is 16.0 Å². The van der Waals surface area contributed by atoms with E-state index in [9.17, 15) is 0 Å². The SMILES string of the molecule is Clc1ccc(CN[C@@H]2CCCN(c3ncccn3)C2)o1. The molecule has 3 heterocycles. The summed E-state index contributed by atoms with van der Waals surface area (Å²) in [5.41, 5.74) is 0. The molecule has 106 valence electrons. The summed E-state index contributed by atoms with van der Waals surface area (Å²) in [6.45, 7) is 2.62. The lowest BCUT2D eigenvalue weighted by Crippen LogP contribution is -2.46. The van der Waals surface area contributed by atoms with Crippen LogP contribution < -0.4 is 10.2 Å². The van der Waals surface area contributed by atoms with E-state index in [-0.39, 0.29) is 0 Å². The average molecular weight is 293 g/mol. The van der Waals surface area contributed by atoms with E-state index in [1.807, 2.05) is 12.1 Å². The van der Waals surface area contributed by atoms with E-state index >= 15 is 0 Å². The predicted octanol–water partition coefficient (Wildman–Crippen LogP) is 2.48. The van der Waals surface area contributed by atoms with Gasteiger partial charge in [0, 0.05) is 31.5 Å². The molecule has 0 aromatic carbocycles. The van der Waals surface area contributed by atoms with Crippen LogP contribution in [0.2, 0.25) is 5.22 Å². The van der Waals surface area contributed by atoms with Crippen molar-refractivity contribution in [2.75, 3.05) is 18.0 Å². The molecule has 3 rings (SSSR count). The number of hydrogen-bond donors (Lipinski definition) is 1. The molecule has 0 aliphatic carbocycles. The molecule has 0 amide bonds. The smallest absolute Gasteiger partial charge is 0.225 e. The van der Waals surface area contributed by atoms with Crippen LogP contribution in [-0.2, 0) is 6.54 Å². The molecule has 2 aromatic rings. The maximum atomic E-state index is 5.77. The van der Waals surface area contributed by atoms with Crippen LogP contribution in [0.25, 0.3) is 0 Å². The quantitative estimate of drug-likeness (QED) is 0.938. The number of nitrogens with one attached hydrogen (secondary N) is 1. The molecule has 0 radical (unpaired) electrons. The van der Waals surface area contributed by atoms with E-state index in [1.165, 1.54) is 0 Å². The molecule has 0 spiro atoms. The van der Waals surface area contributed by atoms with E-state index in [0.29, 0.717) is 17.8 Å². The lowest BCUT2D eigenvalue weighted by atomic mass is 10.1. The van der Waals surface area contributed by atoms with Gasteiger partial charge in [0.1, 0.15) is 5.76 Å². The monoisotopic (exact) mass is 292 g/mol. The molecule has 1 fully saturated rings. The van der Waals surface area contributed by atoms with Crippen LogP contribution in [0.1, 0.15) is 18.6 Å². The highest BCUT2D eigenvalue weighted by atomic mass is 35.5. The predicted molar refractivity (Wildman–Crippen MR) is 77.8 cm³/mol. The number of aromatic nitrogens is 2. The van der Waals surface area contributed by atoms with Gasteiger partial charge in [0.25, 0.3) is 0 Å². The zero-order valence-electron chi connectivity index (χ0n) is 11.1. The van der Waals surface area contributed by atoms with Crippen LogP contribution in [0.3, 0.4) is 0 Å². The van der Waals surface area contributed by atoms with Crippen molar-refractivity contribution in [1.82, 2.24) is 15.3 Å². The van der Waals surface area contributed by atoms with Crippen LogP contribution in [0.5, 0.6) is 0 Å². The maximum absolute atomic E-state index is 5.77. The van der Waals surface area contributed by atoms with Crippen LogP contribution in [0, 0.1) is 0 Å². The van der Waals surface area contributed by atoms with Gasteiger partial charge in [-0.3, -0.25) is 0 Å². The van der Waals surface area contributed by atoms with Crippen LogP contribution in [0.4, 0.5) is 5.95 Å². The van der Waals surface area contributed by atoms with Crippen molar-refractivity contribution in [2.45, 2.75) is 25.4 Å². The largest absolute Gasteiger partial charge is 0.448 e. The zero-order chi connectivity index (χ0) is 13.8. The van der Waals surface area contributed by atoms with Gasteiger partial charge in [0.15, 0.2) is 5.22 Å². The first-order valence-corrected chi connectivity index (χ1v) is 7.18. The minimum absolute atomic E-state index is 0.413. The Morgan fingerprint density at radius 2 is 2.20 bits per heavy atom. The van der Waals surface area contributed by atoms with Crippen LogP contribution in [-0.4, -0.2) is 29.1 Å². The summed E-state index contributed by atoms with van der Waals surface area (Å²) < 4.78 is 5.35. The summed E-state index contributed by atoms with van der Waals surface area (Å²) >= 11 is 5.77. The van der Waals surface area contributed by atoms with Crippen molar-refractivity contribution < 1.29 is 4.42 Å². The minimum Gasteiger partial charge on any atom is -0.448 e. The Morgan fingerprint density at radius 3 is 2.95 bits per heavy atom. The lowest BCUT2D eigenvalue weighted by molar-refractivity contribution is 0.393. The molecular weight excluding hydrogens is 276 g/mol. The number of piperidine rings is 1. The highest BCUT2D eigenvalue weighted by Crippen LogP contribution is 2.17. The second kappa shape index (κ2) is 6.24. The second-order valence-electron chi connectivity index (χ2n) is 4.92. The highest BCUT2D eigenvalue weighted by Gasteiger charge is 2.21. The van der Waals surface area contributed by atoms with E-state index in [2.05, 4.69) is 20.2 Å². The Hall–Kier alpha value is -1.59. The van der Waals surface area contributed by atoms with Gasteiger partial charge >= 0.3 is 0 Å². The molecule has 0 bridgehead atoms. The third kappa shape index (κ3) is 3.29. The summed E-state index contributed by atoms with van der Waals surface area (Å²) in [6.07, 6.45) is 5.85. The standard InChI is InChI=1S/C14H17ClN4O/c15-13-5-4-12(20-13)9-18-11-3-1-8-19(10-11)14-16-6-2-7-17-14/h2,4-7,11,18H,1,3,8-10H2/t11-/m1/s1. The first-order valence-electron chi connectivity index (χ1n) is 6.81. The molecule has 1 aliphatic heterocycles. The summed E-state index contributed by atoms with van der Waals surface area (Å²) in [6, 6.07) is 5.92. The molecule has 1 saturated heterocycles. The van der Waals surface area contributed by atoms with Gasteiger partial charge in [0.05, 0.1) is 6.54 Å². The first kappa shape index (κ1) is 13.4. The minimum atomic E-state index is 0.413. The van der Waals surface area contributed by atoms with Gasteiger partial charge in [-0.25, -0.2) is 9.97 Å². The second-order valence-corrected chi connectivity index (χ2v) is 5.29. The van der Waals surface area contributed by atoms with Crippen molar-refractivity contribution in [3.05, 3.63) is 41.6 Å². The van der Waals surface area contributed by atoms with Gasteiger partial charge in [-0.15, -0.1) is 0 Å². The summed E-state index contributed by atoms with van der Waals surface area (Å²) in [5.74, 6) is 1.67. The number of hydrogen-bond acceptors (Lipinski definition) is 5. The van der Waals surface area contributed by atoms with Crippen molar-refractivity contribution in [1.29, 1.82) is 0 Å². The molecule has 1 atom stereocenters. The Balaban J connectivity index is 1.55. The van der Waals surface area contributed by atoms with Gasteiger partial charge in [-0.2, -0.15) is 0 Å². The number of rotatable bonds is 4. The number of furan rings is 1. The third-order valence-corrected chi connectivity index (χ3v) is 3.65. The van der Waals surface area contributed by atoms with Crippen molar-refractivity contribution in [3.63, 3.8) is 0 Å². The Morgan fingerprint density at radius 1 is 1.35 bits per heavy atom. The fourth-order valence-electron chi connectivity index (χ4n) is 2.47. The van der Waals surface area contributed by atoms with Crippen molar-refractivity contribution in [2.24, 2.45) is 0 Å². The van der Waals surface area contributed by atoms with Crippen molar-refractivity contribution >= 4 is 17.5 Å². The van der Waals surface area contributed by atoms with E-state index in [0.717, 1.165) is 37.6 Å². The molecule has 20 heavy (non-hydrogen) atoms. The van der Waals surface area contributed by atoms with Crippen molar-refractivity contribution in [3.8, 4) is 0 Å². The highest BCUT2D eigenvalue weighted by molar-refractivity contribution is 6.28. The first-order chi connectivity index (χ1) is 9.81. The Kier molecular flexibility index (Phi) is 4.18. The topological polar surface area (TPSA) is 54.2 Å². The van der Waals surface area contributed by atoms with Gasteiger partial charge < -0.3 is 14.6 Å². The maximum Gasteiger partial charge on any atom is 0.225 e. The summed E-state index contributed by atoms with van der Waals surface area (Å²) in [4.78, 5) is 10.8. The molecule has 1 N–H and O–H groups in total. The van der Waals surface area contributed by atoms with E-state index in [1.54, 1.807) is 18.5 Å². The number of anilines is 1. The molecule has 5 nitrogen and oxygen atoms in total. The van der Waals surface area contributed by atoms with E-state index < -0.39 is 0 Å². The molecule has 0 unspecified atom stereocenters. The normalized spacial score (nSPS) is 19.2. The zero-order valence-corrected chi connectivity index (χ0v) is 11.9. The molecule has 6 heteroatoms. The molecule has 1 aliphatic rings. The lowest BCUT2D eigenvalue weighted by Gasteiger charge is -2.33.